The maximum Gasteiger partial charge on any atom is 0.130 e. The largest absolute Gasteiger partial charge is 0.387 e. The van der Waals surface area contributed by atoms with Gasteiger partial charge in [-0.05, 0) is 31.5 Å². The monoisotopic (exact) mass is 215 g/mol. The van der Waals surface area contributed by atoms with E-state index in [2.05, 4.69) is 0 Å². The molecule has 1 aromatic carbocycles. The lowest BCUT2D eigenvalue weighted by atomic mass is 9.96. The van der Waals surface area contributed by atoms with Crippen molar-refractivity contribution in [2.45, 2.75) is 25.6 Å². The van der Waals surface area contributed by atoms with Crippen molar-refractivity contribution < 1.29 is 13.9 Å². The summed E-state index contributed by atoms with van der Waals surface area (Å²) in [5.74, 6) is -0.569. The lowest BCUT2D eigenvalue weighted by Gasteiger charge is -2.17. The first-order valence-corrected chi connectivity index (χ1v) is 4.73. The summed E-state index contributed by atoms with van der Waals surface area (Å²) in [6, 6.07) is 3.82. The van der Waals surface area contributed by atoms with Crippen molar-refractivity contribution in [2.24, 2.45) is 5.73 Å². The third kappa shape index (κ3) is 2.73. The molecule has 0 aromatic heterocycles. The fourth-order valence-corrected chi connectivity index (χ4v) is 1.30. The van der Waals surface area contributed by atoms with E-state index in [0.717, 1.165) is 6.07 Å². The maximum absolute atomic E-state index is 13.6. The van der Waals surface area contributed by atoms with Crippen LogP contribution in [0.3, 0.4) is 0 Å². The van der Waals surface area contributed by atoms with Gasteiger partial charge in [-0.3, -0.25) is 0 Å². The van der Waals surface area contributed by atoms with E-state index < -0.39 is 17.6 Å². The van der Waals surface area contributed by atoms with Crippen molar-refractivity contribution >= 4 is 0 Å². The summed E-state index contributed by atoms with van der Waals surface area (Å²) in [6.45, 7) is 2.66. The molecule has 0 aliphatic heterocycles. The van der Waals surface area contributed by atoms with Crippen LogP contribution in [0.4, 0.5) is 8.78 Å². The van der Waals surface area contributed by atoms with Crippen LogP contribution in [-0.2, 0) is 5.67 Å². The van der Waals surface area contributed by atoms with E-state index in [1.807, 2.05) is 0 Å². The first kappa shape index (κ1) is 12.1. The molecule has 84 valence electrons. The molecular weight excluding hydrogens is 200 g/mol. The lowest BCUT2D eigenvalue weighted by molar-refractivity contribution is 0.180. The number of benzene rings is 1. The third-order valence-corrected chi connectivity index (χ3v) is 2.26. The third-order valence-electron chi connectivity index (χ3n) is 2.26. The molecule has 2 nitrogen and oxygen atoms in total. The number of alkyl halides is 1. The molecule has 4 heteroatoms. The van der Waals surface area contributed by atoms with Gasteiger partial charge in [0.1, 0.15) is 11.5 Å². The van der Waals surface area contributed by atoms with E-state index in [0.29, 0.717) is 5.56 Å². The van der Waals surface area contributed by atoms with Gasteiger partial charge in [0.15, 0.2) is 0 Å². The van der Waals surface area contributed by atoms with E-state index in [4.69, 9.17) is 5.73 Å². The van der Waals surface area contributed by atoms with E-state index in [-0.39, 0.29) is 12.1 Å². The SMILES string of the molecule is CC(C)(F)c1ccc(F)c(C(O)CN)c1. The second-order valence-corrected chi connectivity index (χ2v) is 3.96. The summed E-state index contributed by atoms with van der Waals surface area (Å²) in [5, 5.41) is 9.41. The van der Waals surface area contributed by atoms with E-state index in [9.17, 15) is 13.9 Å². The summed E-state index contributed by atoms with van der Waals surface area (Å²) < 4.78 is 26.8. The van der Waals surface area contributed by atoms with Crippen molar-refractivity contribution in [3.63, 3.8) is 0 Å². The van der Waals surface area contributed by atoms with Crippen molar-refractivity contribution in [3.8, 4) is 0 Å². The molecule has 3 N–H and O–H groups in total. The van der Waals surface area contributed by atoms with Crippen LogP contribution in [0.25, 0.3) is 0 Å². The van der Waals surface area contributed by atoms with Crippen LogP contribution in [-0.4, -0.2) is 11.7 Å². The first-order chi connectivity index (χ1) is 6.86. The summed E-state index contributed by atoms with van der Waals surface area (Å²) in [6.07, 6.45) is -1.09. The van der Waals surface area contributed by atoms with Crippen molar-refractivity contribution in [2.75, 3.05) is 6.54 Å². The molecule has 0 heterocycles. The molecule has 1 unspecified atom stereocenters. The molecular formula is C11H15F2NO. The van der Waals surface area contributed by atoms with Gasteiger partial charge in [0.05, 0.1) is 6.10 Å². The Kier molecular flexibility index (Phi) is 3.42. The highest BCUT2D eigenvalue weighted by Crippen LogP contribution is 2.28. The molecule has 0 bridgehead atoms. The summed E-state index contributed by atoms with van der Waals surface area (Å²) in [7, 11) is 0. The topological polar surface area (TPSA) is 46.2 Å². The Labute approximate surface area is 87.7 Å². The minimum atomic E-state index is -1.56. The van der Waals surface area contributed by atoms with Crippen LogP contribution in [0.5, 0.6) is 0 Å². The van der Waals surface area contributed by atoms with Crippen molar-refractivity contribution in [1.29, 1.82) is 0 Å². The molecule has 1 aromatic rings. The van der Waals surface area contributed by atoms with Crippen LogP contribution in [0.15, 0.2) is 18.2 Å². The minimum Gasteiger partial charge on any atom is -0.387 e. The Morgan fingerprint density at radius 3 is 2.53 bits per heavy atom. The Bertz CT molecular complexity index is 347. The number of aliphatic hydroxyl groups excluding tert-OH is 1. The summed E-state index contributed by atoms with van der Waals surface area (Å²) >= 11 is 0. The summed E-state index contributed by atoms with van der Waals surface area (Å²) in [5.41, 5.74) is 4.03. The number of rotatable bonds is 3. The molecule has 0 saturated heterocycles. The minimum absolute atomic E-state index is 0.0423. The molecule has 0 aliphatic rings. The van der Waals surface area contributed by atoms with Gasteiger partial charge >= 0.3 is 0 Å². The Morgan fingerprint density at radius 1 is 1.47 bits per heavy atom. The maximum atomic E-state index is 13.6. The van der Waals surface area contributed by atoms with Crippen molar-refractivity contribution in [3.05, 3.63) is 35.1 Å². The van der Waals surface area contributed by atoms with Gasteiger partial charge in [-0.1, -0.05) is 6.07 Å². The van der Waals surface area contributed by atoms with Crippen LogP contribution in [0.2, 0.25) is 0 Å². The average Bonchev–Trinajstić information content (AvgIpc) is 2.15. The number of aliphatic hydroxyl groups is 1. The second-order valence-electron chi connectivity index (χ2n) is 3.96. The van der Waals surface area contributed by atoms with E-state index in [1.165, 1.54) is 26.0 Å². The van der Waals surface area contributed by atoms with Crippen LogP contribution in [0, 0.1) is 5.82 Å². The fourth-order valence-electron chi connectivity index (χ4n) is 1.30. The summed E-state index contributed by atoms with van der Waals surface area (Å²) in [4.78, 5) is 0. The van der Waals surface area contributed by atoms with Gasteiger partial charge in [-0.15, -0.1) is 0 Å². The van der Waals surface area contributed by atoms with Crippen LogP contribution >= 0.6 is 0 Å². The predicted molar refractivity (Wildman–Crippen MR) is 54.5 cm³/mol. The van der Waals surface area contributed by atoms with Crippen molar-refractivity contribution in [1.82, 2.24) is 0 Å². The van der Waals surface area contributed by atoms with Gasteiger partial charge in [0.25, 0.3) is 0 Å². The molecule has 0 spiro atoms. The predicted octanol–water partition coefficient (Wildman–Crippen LogP) is 2.02. The fraction of sp³-hybridized carbons (Fsp3) is 0.455. The Morgan fingerprint density at radius 2 is 2.07 bits per heavy atom. The van der Waals surface area contributed by atoms with Crippen LogP contribution < -0.4 is 5.73 Å². The molecule has 0 amide bonds. The number of hydrogen-bond acceptors (Lipinski definition) is 2. The molecule has 1 atom stereocenters. The number of hydrogen-bond donors (Lipinski definition) is 2. The zero-order valence-corrected chi connectivity index (χ0v) is 8.80. The lowest BCUT2D eigenvalue weighted by Crippen LogP contribution is -2.15. The van der Waals surface area contributed by atoms with E-state index in [1.54, 1.807) is 0 Å². The van der Waals surface area contributed by atoms with Gasteiger partial charge in [-0.25, -0.2) is 8.78 Å². The Balaban J connectivity index is 3.17. The van der Waals surface area contributed by atoms with Gasteiger partial charge in [-0.2, -0.15) is 0 Å². The molecule has 0 aliphatic carbocycles. The molecule has 0 radical (unpaired) electrons. The number of nitrogens with two attached hydrogens (primary N) is 1. The molecule has 0 saturated carbocycles. The quantitative estimate of drug-likeness (QED) is 0.810. The molecule has 15 heavy (non-hydrogen) atoms. The number of halogens is 2. The normalized spacial score (nSPS) is 14.0. The highest BCUT2D eigenvalue weighted by molar-refractivity contribution is 5.30. The highest BCUT2D eigenvalue weighted by atomic mass is 19.1. The standard InChI is InChI=1S/C11H15F2NO/c1-11(2,13)7-3-4-9(12)8(5-7)10(15)6-14/h3-5,10,15H,6,14H2,1-2H3. The Hall–Kier alpha value is -1.00. The molecule has 1 rings (SSSR count). The van der Waals surface area contributed by atoms with Gasteiger partial charge < -0.3 is 10.8 Å². The smallest absolute Gasteiger partial charge is 0.130 e. The molecule has 0 fully saturated rings. The zero-order chi connectivity index (χ0) is 11.6. The highest BCUT2D eigenvalue weighted by Gasteiger charge is 2.21. The van der Waals surface area contributed by atoms with Gasteiger partial charge in [0.2, 0.25) is 0 Å². The van der Waals surface area contributed by atoms with E-state index >= 15 is 0 Å². The van der Waals surface area contributed by atoms with Crippen LogP contribution in [0.1, 0.15) is 31.1 Å². The average molecular weight is 215 g/mol. The zero-order valence-electron chi connectivity index (χ0n) is 8.80. The first-order valence-electron chi connectivity index (χ1n) is 4.73. The second kappa shape index (κ2) is 4.24. The van der Waals surface area contributed by atoms with Gasteiger partial charge in [0, 0.05) is 12.1 Å².